The summed E-state index contributed by atoms with van der Waals surface area (Å²) < 4.78 is 57.9. The number of aromatic nitrogens is 2. The topological polar surface area (TPSA) is 113 Å². The largest absolute Gasteiger partial charge is 0.447 e. The van der Waals surface area contributed by atoms with Crippen LogP contribution in [0.25, 0.3) is 5.69 Å². The van der Waals surface area contributed by atoms with Crippen molar-refractivity contribution >= 4 is 23.4 Å². The Labute approximate surface area is 169 Å². The second kappa shape index (κ2) is 6.97. The minimum absolute atomic E-state index is 0.00236. The summed E-state index contributed by atoms with van der Waals surface area (Å²) in [6.07, 6.45) is -4.57. The number of hydrogen-bond acceptors (Lipinski definition) is 6. The van der Waals surface area contributed by atoms with Crippen molar-refractivity contribution in [3.05, 3.63) is 61.1 Å². The molecule has 2 N–H and O–H groups in total. The standard InChI is InChI=1S/C17H12ClF4N3O5/c1-7(26)16(2-3-16)30-14(28)8-4-11(10(19)5-9(8)18)24-13(27)6-12(17(20,21)22)25(23)15(24)29/h4-6H,2-3,23H2,1H3. The van der Waals surface area contributed by atoms with Gasteiger partial charge in [0.2, 0.25) is 0 Å². The summed E-state index contributed by atoms with van der Waals surface area (Å²) in [4.78, 5) is 48.4. The van der Waals surface area contributed by atoms with Crippen molar-refractivity contribution in [1.29, 1.82) is 0 Å². The van der Waals surface area contributed by atoms with Crippen molar-refractivity contribution in [3.8, 4) is 5.69 Å². The fraction of sp³-hybridized carbons (Fsp3) is 0.294. The number of ketones is 1. The molecule has 0 amide bonds. The number of hydrogen-bond donors (Lipinski definition) is 1. The molecule has 30 heavy (non-hydrogen) atoms. The van der Waals surface area contributed by atoms with Gasteiger partial charge in [-0.2, -0.15) is 13.2 Å². The molecular formula is C17H12ClF4N3O5. The maximum atomic E-state index is 14.4. The Kier molecular flexibility index (Phi) is 5.01. The number of carbonyl (C=O) groups excluding carboxylic acids is 2. The fourth-order valence-electron chi connectivity index (χ4n) is 2.73. The number of nitrogen functional groups attached to an aromatic ring is 1. The molecule has 8 nitrogen and oxygen atoms in total. The quantitative estimate of drug-likeness (QED) is 0.432. The molecule has 0 spiro atoms. The molecule has 0 unspecified atom stereocenters. The van der Waals surface area contributed by atoms with Crippen LogP contribution in [-0.2, 0) is 15.7 Å². The average Bonchev–Trinajstić information content (AvgIpc) is 3.39. The van der Waals surface area contributed by atoms with E-state index in [1.165, 1.54) is 6.92 Å². The van der Waals surface area contributed by atoms with Crippen molar-refractivity contribution < 1.29 is 31.9 Å². The van der Waals surface area contributed by atoms with E-state index in [-0.39, 0.29) is 28.2 Å². The van der Waals surface area contributed by atoms with Crippen LogP contribution < -0.4 is 17.1 Å². The van der Waals surface area contributed by atoms with Crippen LogP contribution in [-0.4, -0.2) is 26.6 Å². The molecule has 0 radical (unpaired) electrons. The average molecular weight is 450 g/mol. The predicted octanol–water partition coefficient (Wildman–Crippen LogP) is 1.80. The number of esters is 1. The third-order valence-corrected chi connectivity index (χ3v) is 4.87. The van der Waals surface area contributed by atoms with Gasteiger partial charge in [-0.15, -0.1) is 0 Å². The number of ether oxygens (including phenoxy) is 1. The first-order valence-corrected chi connectivity index (χ1v) is 8.61. The van der Waals surface area contributed by atoms with Crippen LogP contribution in [0.1, 0.15) is 35.8 Å². The van der Waals surface area contributed by atoms with Gasteiger partial charge in [-0.05, 0) is 31.9 Å². The lowest BCUT2D eigenvalue weighted by Crippen LogP contribution is -2.45. The van der Waals surface area contributed by atoms with Gasteiger partial charge in [0.15, 0.2) is 17.1 Å². The second-order valence-corrected chi connectivity index (χ2v) is 6.98. The third kappa shape index (κ3) is 3.58. The van der Waals surface area contributed by atoms with Crippen molar-refractivity contribution in [2.45, 2.75) is 31.5 Å². The molecule has 1 fully saturated rings. The maximum absolute atomic E-state index is 14.4. The fourth-order valence-corrected chi connectivity index (χ4v) is 2.96. The Morgan fingerprint density at radius 1 is 1.20 bits per heavy atom. The van der Waals surface area contributed by atoms with Gasteiger partial charge >= 0.3 is 17.8 Å². The van der Waals surface area contributed by atoms with Gasteiger partial charge in [0, 0.05) is 6.07 Å². The Morgan fingerprint density at radius 2 is 1.80 bits per heavy atom. The predicted molar refractivity (Wildman–Crippen MR) is 94.5 cm³/mol. The summed E-state index contributed by atoms with van der Waals surface area (Å²) in [6.45, 7) is 1.21. The number of nitrogens with two attached hydrogens (primary N) is 1. The summed E-state index contributed by atoms with van der Waals surface area (Å²) in [5.41, 5.74) is -7.71. The van der Waals surface area contributed by atoms with Crippen molar-refractivity contribution in [2.75, 3.05) is 5.84 Å². The van der Waals surface area contributed by atoms with Crippen LogP contribution in [0.4, 0.5) is 17.6 Å². The monoisotopic (exact) mass is 449 g/mol. The lowest BCUT2D eigenvalue weighted by Gasteiger charge is -2.16. The first kappa shape index (κ1) is 21.6. The third-order valence-electron chi connectivity index (χ3n) is 4.56. The molecule has 3 rings (SSSR count). The lowest BCUT2D eigenvalue weighted by molar-refractivity contribution is -0.143. The Bertz CT molecular complexity index is 1200. The zero-order chi connectivity index (χ0) is 22.6. The molecule has 1 saturated carbocycles. The highest BCUT2D eigenvalue weighted by Gasteiger charge is 2.51. The van der Waals surface area contributed by atoms with Gasteiger partial charge in [0.25, 0.3) is 5.56 Å². The van der Waals surface area contributed by atoms with Crippen LogP contribution in [0.15, 0.2) is 27.8 Å². The Hall–Kier alpha value is -3.15. The number of carbonyl (C=O) groups is 2. The summed E-state index contributed by atoms with van der Waals surface area (Å²) in [6, 6.07) is 1.24. The highest BCUT2D eigenvalue weighted by molar-refractivity contribution is 6.33. The van der Waals surface area contributed by atoms with E-state index in [2.05, 4.69) is 0 Å². The zero-order valence-electron chi connectivity index (χ0n) is 15.0. The van der Waals surface area contributed by atoms with Crippen LogP contribution in [0.5, 0.6) is 0 Å². The lowest BCUT2D eigenvalue weighted by atomic mass is 10.1. The normalized spacial score (nSPS) is 15.0. The van der Waals surface area contributed by atoms with Crippen LogP contribution in [0.3, 0.4) is 0 Å². The highest BCUT2D eigenvalue weighted by atomic mass is 35.5. The van der Waals surface area contributed by atoms with Crippen LogP contribution >= 0.6 is 11.6 Å². The number of benzene rings is 1. The molecule has 1 aliphatic carbocycles. The van der Waals surface area contributed by atoms with E-state index in [0.717, 1.165) is 0 Å². The summed E-state index contributed by atoms with van der Waals surface area (Å²) in [5, 5.41) is -0.464. The summed E-state index contributed by atoms with van der Waals surface area (Å²) in [7, 11) is 0. The van der Waals surface area contributed by atoms with Crippen molar-refractivity contribution in [3.63, 3.8) is 0 Å². The molecule has 1 aromatic heterocycles. The first-order valence-electron chi connectivity index (χ1n) is 8.24. The summed E-state index contributed by atoms with van der Waals surface area (Å²) >= 11 is 5.84. The van der Waals surface area contributed by atoms with Gasteiger partial charge in [0.1, 0.15) is 5.82 Å². The van der Waals surface area contributed by atoms with Gasteiger partial charge in [-0.3, -0.25) is 9.59 Å². The van der Waals surface area contributed by atoms with Gasteiger partial charge < -0.3 is 10.6 Å². The van der Waals surface area contributed by atoms with Crippen LogP contribution in [0.2, 0.25) is 5.02 Å². The van der Waals surface area contributed by atoms with Gasteiger partial charge in [0.05, 0.1) is 16.3 Å². The molecular weight excluding hydrogens is 438 g/mol. The summed E-state index contributed by atoms with van der Waals surface area (Å²) in [5.74, 6) is 2.28. The van der Waals surface area contributed by atoms with E-state index in [0.29, 0.717) is 12.1 Å². The number of halogens is 5. The highest BCUT2D eigenvalue weighted by Crippen LogP contribution is 2.41. The first-order chi connectivity index (χ1) is 13.8. The molecule has 0 atom stereocenters. The van der Waals surface area contributed by atoms with E-state index < -0.39 is 62.6 Å². The molecule has 1 heterocycles. The molecule has 0 saturated heterocycles. The number of Topliss-reactive ketones (excluding diaryl/α,β-unsaturated/α-hetero) is 1. The zero-order valence-corrected chi connectivity index (χ0v) is 15.8. The van der Waals surface area contributed by atoms with Crippen LogP contribution in [0, 0.1) is 5.82 Å². The minimum atomic E-state index is -5.12. The second-order valence-electron chi connectivity index (χ2n) is 6.58. The van der Waals surface area contributed by atoms with Crippen molar-refractivity contribution in [2.24, 2.45) is 0 Å². The molecule has 0 bridgehead atoms. The Morgan fingerprint density at radius 3 is 2.30 bits per heavy atom. The molecule has 1 aliphatic rings. The molecule has 2 aromatic rings. The van der Waals surface area contributed by atoms with E-state index in [4.69, 9.17) is 22.2 Å². The van der Waals surface area contributed by atoms with E-state index in [9.17, 15) is 36.7 Å². The molecule has 1 aromatic carbocycles. The SMILES string of the molecule is CC(=O)C1(OC(=O)c2cc(-n3c(=O)cc(C(F)(F)F)n(N)c3=O)c(F)cc2Cl)CC1. The Balaban J connectivity index is 2.15. The number of rotatable bonds is 4. The number of alkyl halides is 3. The molecule has 160 valence electrons. The smallest absolute Gasteiger partial charge is 0.433 e. The molecule has 13 heteroatoms. The van der Waals surface area contributed by atoms with E-state index >= 15 is 0 Å². The van der Waals surface area contributed by atoms with E-state index in [1.807, 2.05) is 0 Å². The van der Waals surface area contributed by atoms with E-state index in [1.54, 1.807) is 0 Å². The minimum Gasteiger partial charge on any atom is -0.447 e. The molecule has 0 aliphatic heterocycles. The number of nitrogens with zero attached hydrogens (tertiary/aromatic N) is 2. The van der Waals surface area contributed by atoms with Gasteiger partial charge in [-0.1, -0.05) is 11.6 Å². The van der Waals surface area contributed by atoms with Crippen molar-refractivity contribution in [1.82, 2.24) is 9.24 Å². The maximum Gasteiger partial charge on any atom is 0.433 e. The van der Waals surface area contributed by atoms with Gasteiger partial charge in [-0.25, -0.2) is 23.2 Å².